The fourth-order valence-electron chi connectivity index (χ4n) is 1.44. The molecule has 0 aromatic rings. The van der Waals surface area contributed by atoms with E-state index < -0.39 is 32.6 Å². The molecule has 19 heavy (non-hydrogen) atoms. The highest BCUT2D eigenvalue weighted by molar-refractivity contribution is 7.86. The second kappa shape index (κ2) is 6.17. The monoisotopic (exact) mass is 296 g/mol. The van der Waals surface area contributed by atoms with Crippen LogP contribution in [0.25, 0.3) is 0 Å². The van der Waals surface area contributed by atoms with Gasteiger partial charge in [-0.05, 0) is 40.0 Å². The van der Waals surface area contributed by atoms with Crippen LogP contribution in [0.15, 0.2) is 0 Å². The van der Waals surface area contributed by atoms with Crippen molar-refractivity contribution < 1.29 is 22.5 Å². The molecule has 7 nitrogen and oxygen atoms in total. The molecule has 0 radical (unpaired) electrons. The summed E-state index contributed by atoms with van der Waals surface area (Å²) >= 11 is 0. The van der Waals surface area contributed by atoms with E-state index in [1.807, 2.05) is 0 Å². The third-order valence-corrected chi connectivity index (χ3v) is 3.95. The summed E-state index contributed by atoms with van der Waals surface area (Å²) in [5.41, 5.74) is 8.78. The molecule has 0 rings (SSSR count). The van der Waals surface area contributed by atoms with Gasteiger partial charge >= 0.3 is 5.97 Å². The minimum Gasteiger partial charge on any atom is -0.458 e. The average molecular weight is 296 g/mol. The van der Waals surface area contributed by atoms with Crippen molar-refractivity contribution in [2.24, 2.45) is 11.5 Å². The first-order chi connectivity index (χ1) is 8.29. The van der Waals surface area contributed by atoms with Crippen molar-refractivity contribution in [3.8, 4) is 0 Å². The Morgan fingerprint density at radius 3 is 2.11 bits per heavy atom. The first-order valence-corrected chi connectivity index (χ1v) is 7.57. The quantitative estimate of drug-likeness (QED) is 0.367. The molecule has 114 valence electrons. The highest BCUT2D eigenvalue weighted by Gasteiger charge is 2.35. The number of hydrogen-bond donors (Lipinski definition) is 3. The molecule has 0 aromatic heterocycles. The molecule has 0 heterocycles. The van der Waals surface area contributed by atoms with Gasteiger partial charge in [0, 0.05) is 0 Å². The van der Waals surface area contributed by atoms with E-state index in [1.54, 1.807) is 27.7 Å². The number of ether oxygens (including phenoxy) is 1. The van der Waals surface area contributed by atoms with E-state index in [0.717, 1.165) is 0 Å². The number of rotatable bonds is 6. The molecule has 0 bridgehead atoms. The summed E-state index contributed by atoms with van der Waals surface area (Å²) in [7, 11) is -4.16. The number of nitrogens with two attached hydrogens (primary N) is 2. The Morgan fingerprint density at radius 2 is 1.79 bits per heavy atom. The Hall–Kier alpha value is -0.700. The molecule has 0 fully saturated rings. The van der Waals surface area contributed by atoms with Gasteiger partial charge in [-0.3, -0.25) is 4.55 Å². The van der Waals surface area contributed by atoms with Crippen LogP contribution in [0.4, 0.5) is 0 Å². The van der Waals surface area contributed by atoms with Crippen LogP contribution in [-0.4, -0.2) is 35.5 Å². The summed E-state index contributed by atoms with van der Waals surface area (Å²) < 4.78 is 36.1. The smallest absolute Gasteiger partial charge is 0.341 e. The predicted octanol–water partition coefficient (Wildman–Crippen LogP) is 0.388. The van der Waals surface area contributed by atoms with Gasteiger partial charge in [0.1, 0.15) is 5.60 Å². The van der Waals surface area contributed by atoms with E-state index in [-0.39, 0.29) is 19.3 Å². The van der Waals surface area contributed by atoms with E-state index in [1.165, 1.54) is 0 Å². The highest BCUT2D eigenvalue weighted by Crippen LogP contribution is 2.18. The van der Waals surface area contributed by atoms with E-state index >= 15 is 0 Å². The zero-order valence-electron chi connectivity index (χ0n) is 11.8. The maximum absolute atomic E-state index is 11.7. The van der Waals surface area contributed by atoms with Crippen LogP contribution in [0.5, 0.6) is 0 Å². The van der Waals surface area contributed by atoms with Gasteiger partial charge in [-0.25, -0.2) is 4.79 Å². The summed E-state index contributed by atoms with van der Waals surface area (Å²) in [6.45, 7) is 6.64. The Labute approximate surface area is 114 Å². The standard InChI is InChI=1S/C11H24N2O5S/c1-5-8(19(15,16)17)6-7-11(12,13)9(14)18-10(2,3)4/h8H,5-7,12-13H2,1-4H3,(H,15,16,17). The maximum Gasteiger partial charge on any atom is 0.341 e. The molecule has 0 saturated heterocycles. The molecule has 0 spiro atoms. The lowest BCUT2D eigenvalue weighted by Gasteiger charge is -2.28. The number of esters is 1. The van der Waals surface area contributed by atoms with Crippen molar-refractivity contribution in [3.63, 3.8) is 0 Å². The van der Waals surface area contributed by atoms with Gasteiger partial charge in [-0.1, -0.05) is 6.92 Å². The van der Waals surface area contributed by atoms with Crippen molar-refractivity contribution in [2.45, 2.75) is 63.5 Å². The van der Waals surface area contributed by atoms with Crippen molar-refractivity contribution >= 4 is 16.1 Å². The molecule has 5 N–H and O–H groups in total. The summed E-state index contributed by atoms with van der Waals surface area (Å²) in [6, 6.07) is 0. The third kappa shape index (κ3) is 6.86. The molecule has 1 atom stereocenters. The molecular formula is C11H24N2O5S. The molecule has 8 heteroatoms. The van der Waals surface area contributed by atoms with Gasteiger partial charge in [0.25, 0.3) is 10.1 Å². The van der Waals surface area contributed by atoms with E-state index in [2.05, 4.69) is 0 Å². The van der Waals surface area contributed by atoms with Gasteiger partial charge in [0.05, 0.1) is 5.25 Å². The number of hydrogen-bond acceptors (Lipinski definition) is 6. The molecule has 0 aliphatic rings. The normalized spacial score (nSPS) is 15.1. The maximum atomic E-state index is 11.7. The molecule has 1 unspecified atom stereocenters. The lowest BCUT2D eigenvalue weighted by atomic mass is 10.0. The van der Waals surface area contributed by atoms with Crippen LogP contribution in [-0.2, 0) is 19.6 Å². The van der Waals surface area contributed by atoms with Crippen LogP contribution in [0.1, 0.15) is 47.0 Å². The van der Waals surface area contributed by atoms with Crippen LogP contribution < -0.4 is 11.5 Å². The van der Waals surface area contributed by atoms with Crippen molar-refractivity contribution in [3.05, 3.63) is 0 Å². The first kappa shape index (κ1) is 18.3. The summed E-state index contributed by atoms with van der Waals surface area (Å²) in [5, 5.41) is -0.985. The SMILES string of the molecule is CCC(CCC(N)(N)C(=O)OC(C)(C)C)S(=O)(=O)O. The minimum atomic E-state index is -4.16. The molecular weight excluding hydrogens is 272 g/mol. The minimum absolute atomic E-state index is 0.0123. The summed E-state index contributed by atoms with van der Waals surface area (Å²) in [6.07, 6.45) is 0.102. The van der Waals surface area contributed by atoms with Gasteiger partial charge in [-0.2, -0.15) is 8.42 Å². The van der Waals surface area contributed by atoms with Crippen LogP contribution in [0, 0.1) is 0 Å². The zero-order chi connectivity index (χ0) is 15.5. The molecule has 0 aromatic carbocycles. The lowest BCUT2D eigenvalue weighted by Crippen LogP contribution is -2.58. The molecule has 0 aliphatic carbocycles. The Kier molecular flexibility index (Phi) is 5.94. The van der Waals surface area contributed by atoms with E-state index in [4.69, 9.17) is 20.8 Å². The van der Waals surface area contributed by atoms with Crippen LogP contribution in [0.2, 0.25) is 0 Å². The Bertz CT molecular complexity index is 411. The van der Waals surface area contributed by atoms with Gasteiger partial charge < -0.3 is 16.2 Å². The lowest BCUT2D eigenvalue weighted by molar-refractivity contribution is -0.161. The zero-order valence-corrected chi connectivity index (χ0v) is 12.7. The summed E-state index contributed by atoms with van der Waals surface area (Å²) in [5.74, 6) is -0.801. The third-order valence-electron chi connectivity index (χ3n) is 2.54. The Morgan fingerprint density at radius 1 is 1.32 bits per heavy atom. The fraction of sp³-hybridized carbons (Fsp3) is 0.909. The van der Waals surface area contributed by atoms with Crippen molar-refractivity contribution in [2.75, 3.05) is 0 Å². The first-order valence-electron chi connectivity index (χ1n) is 6.07. The van der Waals surface area contributed by atoms with Crippen molar-refractivity contribution in [1.29, 1.82) is 0 Å². The summed E-state index contributed by atoms with van der Waals surface area (Å²) in [4.78, 5) is 11.7. The number of carbonyl (C=O) groups is 1. The van der Waals surface area contributed by atoms with Gasteiger partial charge in [0.2, 0.25) is 0 Å². The average Bonchev–Trinajstić information content (AvgIpc) is 2.13. The predicted molar refractivity (Wildman–Crippen MR) is 71.8 cm³/mol. The van der Waals surface area contributed by atoms with E-state index in [0.29, 0.717) is 0 Å². The highest BCUT2D eigenvalue weighted by atomic mass is 32.2. The second-order valence-corrected chi connectivity index (χ2v) is 7.32. The largest absolute Gasteiger partial charge is 0.458 e. The van der Waals surface area contributed by atoms with Crippen molar-refractivity contribution in [1.82, 2.24) is 0 Å². The second-order valence-electron chi connectivity index (χ2n) is 5.63. The fourth-order valence-corrected chi connectivity index (χ4v) is 2.28. The molecule has 0 saturated carbocycles. The van der Waals surface area contributed by atoms with E-state index in [9.17, 15) is 13.2 Å². The topological polar surface area (TPSA) is 133 Å². The van der Waals surface area contributed by atoms with Crippen LogP contribution in [0.3, 0.4) is 0 Å². The molecule has 0 amide bonds. The number of carbonyl (C=O) groups excluding carboxylic acids is 1. The van der Waals surface area contributed by atoms with Crippen LogP contribution >= 0.6 is 0 Å². The van der Waals surface area contributed by atoms with Gasteiger partial charge in [0.15, 0.2) is 5.66 Å². The Balaban J connectivity index is 4.66. The van der Waals surface area contributed by atoms with Gasteiger partial charge in [-0.15, -0.1) is 0 Å². The molecule has 0 aliphatic heterocycles.